The van der Waals surface area contributed by atoms with Gasteiger partial charge in [-0.25, -0.2) is 14.6 Å². The molecule has 28 heavy (non-hydrogen) atoms. The molecule has 0 aliphatic carbocycles. The molecule has 0 bridgehead atoms. The number of methoxy groups -OCH3 is 1. The molecule has 1 saturated heterocycles. The second-order valence-electron chi connectivity index (χ2n) is 7.18. The van der Waals surface area contributed by atoms with Crippen molar-refractivity contribution in [2.24, 2.45) is 0 Å². The Morgan fingerprint density at radius 1 is 1.21 bits per heavy atom. The van der Waals surface area contributed by atoms with Gasteiger partial charge in [-0.05, 0) is 37.7 Å². The fourth-order valence-corrected chi connectivity index (χ4v) is 3.97. The van der Waals surface area contributed by atoms with Crippen LogP contribution in [0.5, 0.6) is 0 Å². The summed E-state index contributed by atoms with van der Waals surface area (Å²) in [6, 6.07) is 11.1. The Morgan fingerprint density at radius 2 is 2.07 bits per heavy atom. The lowest BCUT2D eigenvalue weighted by Crippen LogP contribution is -2.40. The van der Waals surface area contributed by atoms with Crippen molar-refractivity contribution in [1.82, 2.24) is 19.7 Å². The van der Waals surface area contributed by atoms with Gasteiger partial charge in [0.05, 0.1) is 18.7 Å². The molecule has 146 valence electrons. The van der Waals surface area contributed by atoms with Crippen molar-refractivity contribution in [2.45, 2.75) is 44.7 Å². The summed E-state index contributed by atoms with van der Waals surface area (Å²) in [4.78, 5) is 23.0. The minimum Gasteiger partial charge on any atom is -0.468 e. The number of piperidine rings is 1. The maximum atomic E-state index is 11.6. The molecular weight excluding hydrogens is 354 g/mol. The second kappa shape index (κ2) is 8.37. The Balaban J connectivity index is 1.58. The Morgan fingerprint density at radius 3 is 2.89 bits per heavy atom. The predicted molar refractivity (Wildman–Crippen MR) is 107 cm³/mol. The highest BCUT2D eigenvalue weighted by atomic mass is 16.5. The molecule has 3 heterocycles. The summed E-state index contributed by atoms with van der Waals surface area (Å²) in [6.45, 7) is 1.03. The number of carbonyl (C=O) groups is 1. The number of aromatic nitrogens is 4. The van der Waals surface area contributed by atoms with Gasteiger partial charge in [0.15, 0.2) is 5.65 Å². The smallest absolute Gasteiger partial charge is 0.327 e. The van der Waals surface area contributed by atoms with Crippen molar-refractivity contribution >= 4 is 22.8 Å². The van der Waals surface area contributed by atoms with E-state index in [1.165, 1.54) is 19.1 Å². The number of fused-ring (bicyclic) bond motifs is 1. The lowest BCUT2D eigenvalue weighted by Gasteiger charge is -2.37. The van der Waals surface area contributed by atoms with E-state index in [2.05, 4.69) is 50.3 Å². The molecule has 7 heteroatoms. The molecule has 0 amide bonds. The van der Waals surface area contributed by atoms with Gasteiger partial charge in [0.2, 0.25) is 0 Å². The summed E-state index contributed by atoms with van der Waals surface area (Å²) in [5.41, 5.74) is 2.04. The average molecular weight is 379 g/mol. The molecule has 1 aromatic carbocycles. The Labute approximate surface area is 164 Å². The fraction of sp³-hybridized carbons (Fsp3) is 0.429. The number of aryl methyl sites for hydroxylation is 1. The van der Waals surface area contributed by atoms with Crippen LogP contribution in [0.3, 0.4) is 0 Å². The summed E-state index contributed by atoms with van der Waals surface area (Å²) in [7, 11) is 1.37. The number of benzene rings is 1. The van der Waals surface area contributed by atoms with Crippen molar-refractivity contribution in [1.29, 1.82) is 0 Å². The first kappa shape index (κ1) is 18.4. The van der Waals surface area contributed by atoms with Crippen LogP contribution in [0.25, 0.3) is 11.0 Å². The number of hydrogen-bond donors (Lipinski definition) is 0. The first-order valence-corrected chi connectivity index (χ1v) is 9.80. The summed E-state index contributed by atoms with van der Waals surface area (Å²) >= 11 is 0. The van der Waals surface area contributed by atoms with Crippen LogP contribution in [-0.2, 0) is 22.5 Å². The Bertz CT molecular complexity index is 940. The van der Waals surface area contributed by atoms with Crippen molar-refractivity contribution in [3.8, 4) is 0 Å². The van der Waals surface area contributed by atoms with Crippen molar-refractivity contribution in [2.75, 3.05) is 18.6 Å². The highest BCUT2D eigenvalue weighted by Crippen LogP contribution is 2.30. The van der Waals surface area contributed by atoms with E-state index >= 15 is 0 Å². The number of anilines is 1. The Kier molecular flexibility index (Phi) is 5.50. The van der Waals surface area contributed by atoms with Crippen molar-refractivity contribution < 1.29 is 9.53 Å². The fourth-order valence-electron chi connectivity index (χ4n) is 3.97. The number of hydrogen-bond acceptors (Lipinski definition) is 6. The van der Waals surface area contributed by atoms with Crippen LogP contribution >= 0.6 is 0 Å². The van der Waals surface area contributed by atoms with E-state index in [0.717, 1.165) is 43.4 Å². The molecule has 1 atom stereocenters. The van der Waals surface area contributed by atoms with Gasteiger partial charge in [0.1, 0.15) is 18.7 Å². The van der Waals surface area contributed by atoms with Gasteiger partial charge >= 0.3 is 5.97 Å². The molecule has 4 rings (SSSR count). The van der Waals surface area contributed by atoms with Crippen LogP contribution < -0.4 is 4.90 Å². The van der Waals surface area contributed by atoms with E-state index in [0.29, 0.717) is 11.7 Å². The van der Waals surface area contributed by atoms with Gasteiger partial charge < -0.3 is 9.64 Å². The summed E-state index contributed by atoms with van der Waals surface area (Å²) in [5, 5.41) is 5.23. The third-order valence-electron chi connectivity index (χ3n) is 5.43. The van der Waals surface area contributed by atoms with Crippen LogP contribution in [-0.4, -0.2) is 45.4 Å². The minimum atomic E-state index is -0.344. The number of ether oxygens (including phenoxy) is 1. The molecule has 0 saturated carbocycles. The first-order chi connectivity index (χ1) is 13.8. The average Bonchev–Trinajstić information content (AvgIpc) is 3.16. The van der Waals surface area contributed by atoms with Crippen LogP contribution in [0.2, 0.25) is 0 Å². The maximum absolute atomic E-state index is 11.6. The van der Waals surface area contributed by atoms with Crippen LogP contribution in [0, 0.1) is 0 Å². The molecule has 1 unspecified atom stereocenters. The lowest BCUT2D eigenvalue weighted by atomic mass is 9.95. The van der Waals surface area contributed by atoms with Gasteiger partial charge in [-0.2, -0.15) is 5.10 Å². The van der Waals surface area contributed by atoms with Gasteiger partial charge in [0, 0.05) is 12.6 Å². The zero-order chi connectivity index (χ0) is 19.3. The molecule has 3 aromatic rings. The van der Waals surface area contributed by atoms with Gasteiger partial charge in [-0.15, -0.1) is 0 Å². The quantitative estimate of drug-likeness (QED) is 0.613. The molecule has 0 N–H and O–H groups in total. The second-order valence-corrected chi connectivity index (χ2v) is 7.18. The van der Waals surface area contributed by atoms with Crippen LogP contribution in [0.4, 0.5) is 5.82 Å². The summed E-state index contributed by atoms with van der Waals surface area (Å²) in [5.74, 6) is 0.572. The molecule has 1 aliphatic heterocycles. The third-order valence-corrected chi connectivity index (χ3v) is 5.43. The zero-order valence-electron chi connectivity index (χ0n) is 16.1. The number of esters is 1. The molecule has 2 aromatic heterocycles. The summed E-state index contributed by atoms with van der Waals surface area (Å²) in [6.07, 6.45) is 9.03. The molecule has 0 radical (unpaired) electrons. The van der Waals surface area contributed by atoms with E-state index < -0.39 is 0 Å². The molecule has 7 nitrogen and oxygen atoms in total. The van der Waals surface area contributed by atoms with Crippen LogP contribution in [0.1, 0.15) is 31.2 Å². The van der Waals surface area contributed by atoms with E-state index in [-0.39, 0.29) is 12.5 Å². The topological polar surface area (TPSA) is 73.1 Å². The van der Waals surface area contributed by atoms with E-state index in [4.69, 9.17) is 4.74 Å². The molecule has 1 fully saturated rings. The molecule has 1 aliphatic rings. The number of nitrogens with zero attached hydrogens (tertiary/aromatic N) is 5. The molecular formula is C21H25N5O2. The van der Waals surface area contributed by atoms with E-state index in [1.54, 1.807) is 17.2 Å². The van der Waals surface area contributed by atoms with Gasteiger partial charge in [0.25, 0.3) is 0 Å². The zero-order valence-corrected chi connectivity index (χ0v) is 16.1. The minimum absolute atomic E-state index is 0.0495. The normalized spacial score (nSPS) is 17.0. The maximum Gasteiger partial charge on any atom is 0.327 e. The van der Waals surface area contributed by atoms with Crippen LogP contribution in [0.15, 0.2) is 42.9 Å². The number of carbonyl (C=O) groups excluding carboxylic acids is 1. The monoisotopic (exact) mass is 379 g/mol. The highest BCUT2D eigenvalue weighted by molar-refractivity contribution is 5.87. The van der Waals surface area contributed by atoms with Gasteiger partial charge in [-0.1, -0.05) is 30.3 Å². The van der Waals surface area contributed by atoms with Crippen molar-refractivity contribution in [3.05, 3.63) is 48.4 Å². The third kappa shape index (κ3) is 3.83. The van der Waals surface area contributed by atoms with E-state index in [9.17, 15) is 4.79 Å². The largest absolute Gasteiger partial charge is 0.468 e. The SMILES string of the molecule is COC(=O)Cn1ncc2c(N3CCCCC3CCc3ccccc3)ncnc21. The lowest BCUT2D eigenvalue weighted by molar-refractivity contribution is -0.141. The standard InChI is InChI=1S/C21H25N5O2/c1-28-19(27)14-26-21-18(13-24-26)20(22-15-23-21)25-12-6-5-9-17(25)11-10-16-7-3-2-4-8-16/h2-4,7-8,13,15,17H,5-6,9-12,14H2,1H3. The first-order valence-electron chi connectivity index (χ1n) is 9.80. The predicted octanol–water partition coefficient (Wildman–Crippen LogP) is 2.99. The molecule has 0 spiro atoms. The van der Waals surface area contributed by atoms with Crippen molar-refractivity contribution in [3.63, 3.8) is 0 Å². The summed E-state index contributed by atoms with van der Waals surface area (Å²) < 4.78 is 6.34. The number of rotatable bonds is 6. The van der Waals surface area contributed by atoms with E-state index in [1.807, 2.05) is 0 Å². The highest BCUT2D eigenvalue weighted by Gasteiger charge is 2.26. The van der Waals surface area contributed by atoms with Gasteiger partial charge in [-0.3, -0.25) is 4.79 Å². The Hall–Kier alpha value is -2.96.